The van der Waals surface area contributed by atoms with Crippen molar-refractivity contribution in [3.8, 4) is 0 Å². The van der Waals surface area contributed by atoms with E-state index in [0.29, 0.717) is 6.07 Å². The summed E-state index contributed by atoms with van der Waals surface area (Å²) in [7, 11) is 0. The van der Waals surface area contributed by atoms with Crippen molar-refractivity contribution in [1.82, 2.24) is 0 Å². The van der Waals surface area contributed by atoms with Crippen LogP contribution in [0.3, 0.4) is 0 Å². The SMILES string of the molecule is CC(=O)CN1C(=O)C(=O)c2cc(C(F)(F)F)ccc21. The van der Waals surface area contributed by atoms with E-state index >= 15 is 0 Å². The molecular weight excluding hydrogens is 263 g/mol. The normalized spacial score (nSPS) is 14.8. The molecule has 1 heterocycles. The molecule has 0 aromatic heterocycles. The molecule has 0 atom stereocenters. The van der Waals surface area contributed by atoms with Crippen LogP contribution < -0.4 is 4.90 Å². The molecule has 100 valence electrons. The molecule has 7 heteroatoms. The van der Waals surface area contributed by atoms with Crippen LogP contribution >= 0.6 is 0 Å². The molecule has 0 bridgehead atoms. The van der Waals surface area contributed by atoms with E-state index in [1.165, 1.54) is 6.92 Å². The zero-order valence-electron chi connectivity index (χ0n) is 9.75. The van der Waals surface area contributed by atoms with Gasteiger partial charge >= 0.3 is 6.18 Å². The second kappa shape index (κ2) is 4.18. The molecule has 1 aromatic carbocycles. The van der Waals surface area contributed by atoms with Gasteiger partial charge in [0.05, 0.1) is 23.4 Å². The van der Waals surface area contributed by atoms with Gasteiger partial charge in [-0.05, 0) is 25.1 Å². The molecule has 19 heavy (non-hydrogen) atoms. The highest BCUT2D eigenvalue weighted by Crippen LogP contribution is 2.35. The third-order valence-corrected chi connectivity index (χ3v) is 2.68. The summed E-state index contributed by atoms with van der Waals surface area (Å²) in [5.41, 5.74) is -1.28. The van der Waals surface area contributed by atoms with Gasteiger partial charge in [0, 0.05) is 0 Å². The minimum Gasteiger partial charge on any atom is -0.298 e. The average molecular weight is 271 g/mol. The Morgan fingerprint density at radius 1 is 1.26 bits per heavy atom. The summed E-state index contributed by atoms with van der Waals surface area (Å²) < 4.78 is 37.6. The predicted octanol–water partition coefficient (Wildman–Crippen LogP) is 1.82. The Morgan fingerprint density at radius 2 is 1.89 bits per heavy atom. The van der Waals surface area contributed by atoms with Crippen molar-refractivity contribution in [3.05, 3.63) is 29.3 Å². The molecule has 1 aliphatic rings. The van der Waals surface area contributed by atoms with E-state index < -0.39 is 23.4 Å². The molecule has 0 fully saturated rings. The second-order valence-electron chi connectivity index (χ2n) is 4.15. The first-order valence-electron chi connectivity index (χ1n) is 5.28. The van der Waals surface area contributed by atoms with Gasteiger partial charge in [-0.1, -0.05) is 0 Å². The lowest BCUT2D eigenvalue weighted by molar-refractivity contribution is -0.137. The van der Waals surface area contributed by atoms with Crippen LogP contribution in [0.25, 0.3) is 0 Å². The number of fused-ring (bicyclic) bond motifs is 1. The molecule has 4 nitrogen and oxygen atoms in total. The molecule has 1 amide bonds. The maximum absolute atomic E-state index is 12.5. The van der Waals surface area contributed by atoms with E-state index in [4.69, 9.17) is 0 Å². The van der Waals surface area contributed by atoms with Crippen molar-refractivity contribution in [3.63, 3.8) is 0 Å². The summed E-state index contributed by atoms with van der Waals surface area (Å²) in [6.07, 6.45) is -4.59. The topological polar surface area (TPSA) is 54.5 Å². The highest BCUT2D eigenvalue weighted by atomic mass is 19.4. The van der Waals surface area contributed by atoms with Gasteiger partial charge < -0.3 is 0 Å². The maximum Gasteiger partial charge on any atom is 0.416 e. The minimum atomic E-state index is -4.59. The number of halogens is 3. The Kier molecular flexibility index (Phi) is 2.92. The zero-order valence-corrected chi connectivity index (χ0v) is 9.75. The first kappa shape index (κ1) is 13.3. The van der Waals surface area contributed by atoms with Crippen LogP contribution in [-0.2, 0) is 15.8 Å². The van der Waals surface area contributed by atoms with Crippen LogP contribution in [0.15, 0.2) is 18.2 Å². The van der Waals surface area contributed by atoms with Crippen LogP contribution in [0.5, 0.6) is 0 Å². The Balaban J connectivity index is 2.50. The first-order valence-corrected chi connectivity index (χ1v) is 5.28. The van der Waals surface area contributed by atoms with E-state index in [2.05, 4.69) is 0 Å². The van der Waals surface area contributed by atoms with Crippen LogP contribution in [0.1, 0.15) is 22.8 Å². The monoisotopic (exact) mass is 271 g/mol. The highest BCUT2D eigenvalue weighted by molar-refractivity contribution is 6.52. The Morgan fingerprint density at radius 3 is 2.42 bits per heavy atom. The van der Waals surface area contributed by atoms with Crippen molar-refractivity contribution in [1.29, 1.82) is 0 Å². The van der Waals surface area contributed by atoms with E-state index in [9.17, 15) is 27.6 Å². The quantitative estimate of drug-likeness (QED) is 0.771. The lowest BCUT2D eigenvalue weighted by Crippen LogP contribution is -2.33. The Bertz CT molecular complexity index is 592. The third kappa shape index (κ3) is 2.23. The highest BCUT2D eigenvalue weighted by Gasteiger charge is 2.39. The zero-order chi connectivity index (χ0) is 14.4. The fourth-order valence-corrected chi connectivity index (χ4v) is 1.86. The van der Waals surface area contributed by atoms with Crippen molar-refractivity contribution >= 4 is 23.2 Å². The molecule has 0 saturated heterocycles. The number of carbonyl (C=O) groups excluding carboxylic acids is 3. The number of nitrogens with zero attached hydrogens (tertiary/aromatic N) is 1. The third-order valence-electron chi connectivity index (χ3n) is 2.68. The average Bonchev–Trinajstić information content (AvgIpc) is 2.53. The minimum absolute atomic E-state index is 0.0400. The molecule has 0 radical (unpaired) electrons. The maximum atomic E-state index is 12.5. The number of benzene rings is 1. The van der Waals surface area contributed by atoms with E-state index in [1.54, 1.807) is 0 Å². The van der Waals surface area contributed by atoms with Gasteiger partial charge in [-0.15, -0.1) is 0 Å². The van der Waals surface area contributed by atoms with Gasteiger partial charge in [-0.2, -0.15) is 13.2 Å². The number of hydrogen-bond donors (Lipinski definition) is 0. The molecule has 1 aliphatic heterocycles. The lowest BCUT2D eigenvalue weighted by Gasteiger charge is -2.15. The fourth-order valence-electron chi connectivity index (χ4n) is 1.86. The largest absolute Gasteiger partial charge is 0.416 e. The smallest absolute Gasteiger partial charge is 0.298 e. The number of Topliss-reactive ketones (excluding diaryl/α,β-unsaturated/α-hetero) is 2. The van der Waals surface area contributed by atoms with Gasteiger partial charge in [-0.3, -0.25) is 19.3 Å². The van der Waals surface area contributed by atoms with Crippen molar-refractivity contribution < 1.29 is 27.6 Å². The van der Waals surface area contributed by atoms with E-state index in [-0.39, 0.29) is 23.6 Å². The first-order chi connectivity index (χ1) is 8.71. The van der Waals surface area contributed by atoms with Crippen LogP contribution in [0.2, 0.25) is 0 Å². The standard InChI is InChI=1S/C12H8F3NO3/c1-6(17)5-16-9-3-2-7(12(13,14)15)4-8(9)10(18)11(16)19/h2-4H,5H2,1H3. The molecule has 0 aliphatic carbocycles. The van der Waals surface area contributed by atoms with Gasteiger partial charge in [0.15, 0.2) is 0 Å². The van der Waals surface area contributed by atoms with Crippen LogP contribution in [0, 0.1) is 0 Å². The van der Waals surface area contributed by atoms with E-state index in [1.807, 2.05) is 0 Å². The van der Waals surface area contributed by atoms with Crippen LogP contribution in [-0.4, -0.2) is 24.0 Å². The lowest BCUT2D eigenvalue weighted by atomic mass is 10.1. The van der Waals surface area contributed by atoms with Crippen molar-refractivity contribution in [2.24, 2.45) is 0 Å². The number of rotatable bonds is 2. The number of anilines is 1. The molecule has 0 saturated carbocycles. The molecule has 2 rings (SSSR count). The number of carbonyl (C=O) groups is 3. The van der Waals surface area contributed by atoms with Gasteiger partial charge in [-0.25, -0.2) is 0 Å². The summed E-state index contributed by atoms with van der Waals surface area (Å²) in [5, 5.41) is 0. The van der Waals surface area contributed by atoms with Crippen molar-refractivity contribution in [2.75, 3.05) is 11.4 Å². The van der Waals surface area contributed by atoms with Crippen LogP contribution in [0.4, 0.5) is 18.9 Å². The number of ketones is 2. The predicted molar refractivity (Wildman–Crippen MR) is 58.8 cm³/mol. The Labute approximate surface area is 105 Å². The molecule has 0 spiro atoms. The Hall–Kier alpha value is -2.18. The molecule has 0 unspecified atom stereocenters. The van der Waals surface area contributed by atoms with Gasteiger partial charge in [0.1, 0.15) is 5.78 Å². The number of hydrogen-bond acceptors (Lipinski definition) is 3. The fraction of sp³-hybridized carbons (Fsp3) is 0.250. The number of alkyl halides is 3. The second-order valence-corrected chi connectivity index (χ2v) is 4.15. The molecular formula is C12H8F3NO3. The van der Waals surface area contributed by atoms with Gasteiger partial charge in [0.25, 0.3) is 11.7 Å². The summed E-state index contributed by atoms with van der Waals surface area (Å²) in [4.78, 5) is 35.1. The number of amides is 1. The molecule has 0 N–H and O–H groups in total. The van der Waals surface area contributed by atoms with E-state index in [0.717, 1.165) is 17.0 Å². The summed E-state index contributed by atoms with van der Waals surface area (Å²) in [6, 6.07) is 2.44. The van der Waals surface area contributed by atoms with Gasteiger partial charge in [0.2, 0.25) is 0 Å². The molecule has 1 aromatic rings. The summed E-state index contributed by atoms with van der Waals surface area (Å²) >= 11 is 0. The summed E-state index contributed by atoms with van der Waals surface area (Å²) in [5.74, 6) is -2.37. The van der Waals surface area contributed by atoms with Crippen molar-refractivity contribution in [2.45, 2.75) is 13.1 Å². The summed E-state index contributed by atoms with van der Waals surface area (Å²) in [6.45, 7) is 0.892.